The third kappa shape index (κ3) is 4.15. The maximum absolute atomic E-state index is 12.4. The lowest BCUT2D eigenvalue weighted by molar-refractivity contribution is -0.153. The minimum Gasteiger partial charge on any atom is -0.392 e. The van der Waals surface area contributed by atoms with E-state index < -0.39 is 6.10 Å². The van der Waals surface area contributed by atoms with Gasteiger partial charge in [0.15, 0.2) is 5.78 Å². The molecule has 0 spiro atoms. The van der Waals surface area contributed by atoms with E-state index in [2.05, 4.69) is 4.90 Å². The number of hydrogen-bond acceptors (Lipinski definition) is 6. The zero-order valence-corrected chi connectivity index (χ0v) is 18.5. The van der Waals surface area contributed by atoms with Gasteiger partial charge in [-0.05, 0) is 26.3 Å². The summed E-state index contributed by atoms with van der Waals surface area (Å²) in [4.78, 5) is 29.0. The number of fused-ring (bicyclic) bond motifs is 1. The van der Waals surface area contributed by atoms with E-state index in [-0.39, 0.29) is 23.0 Å². The largest absolute Gasteiger partial charge is 0.392 e. The Hall–Kier alpha value is -1.28. The molecule has 2 saturated heterocycles. The molecule has 7 heteroatoms. The molecule has 0 aliphatic carbocycles. The molecular formula is C22H28N2O3S2. The van der Waals surface area contributed by atoms with Crippen LogP contribution in [0.15, 0.2) is 40.3 Å². The van der Waals surface area contributed by atoms with Crippen molar-refractivity contribution in [3.05, 3.63) is 45.8 Å². The maximum atomic E-state index is 12.4. The minimum atomic E-state index is -0.544. The van der Waals surface area contributed by atoms with Crippen molar-refractivity contribution in [1.29, 1.82) is 0 Å². The minimum absolute atomic E-state index is 0.0671. The van der Waals surface area contributed by atoms with Gasteiger partial charge in [-0.1, -0.05) is 49.0 Å². The second-order valence-electron chi connectivity index (χ2n) is 7.96. The van der Waals surface area contributed by atoms with Gasteiger partial charge in [0.1, 0.15) is 5.37 Å². The second kappa shape index (κ2) is 8.84. The van der Waals surface area contributed by atoms with Gasteiger partial charge in [-0.15, -0.1) is 11.8 Å². The van der Waals surface area contributed by atoms with Crippen molar-refractivity contribution in [2.45, 2.75) is 49.8 Å². The summed E-state index contributed by atoms with van der Waals surface area (Å²) in [6.45, 7) is 6.73. The third-order valence-electron chi connectivity index (χ3n) is 6.06. The standard InChI is InChI=1S/C22H28N2O3S2/c1-3-17(25)19-20(27)24-14(2)22(29-21(19)24)28-16-9-11-23(13-16)12-10-18(26)15-7-5-4-6-8-15/h4-8,16-17,19,21,25H,3,9-13H2,1-2H3/t16-,17-,19+,21+/m0/s1. The summed E-state index contributed by atoms with van der Waals surface area (Å²) in [6, 6.07) is 9.50. The van der Waals surface area contributed by atoms with Crippen molar-refractivity contribution in [3.63, 3.8) is 0 Å². The molecule has 3 heterocycles. The van der Waals surface area contributed by atoms with Crippen LogP contribution in [0.2, 0.25) is 0 Å². The number of β-lactam (4-membered cyclic amide) rings is 1. The van der Waals surface area contributed by atoms with Gasteiger partial charge in [0.2, 0.25) is 5.91 Å². The van der Waals surface area contributed by atoms with Gasteiger partial charge < -0.3 is 14.9 Å². The van der Waals surface area contributed by atoms with Gasteiger partial charge >= 0.3 is 0 Å². The predicted octanol–water partition coefficient (Wildman–Crippen LogP) is 3.56. The number of rotatable bonds is 8. The summed E-state index contributed by atoms with van der Waals surface area (Å²) in [5.41, 5.74) is 1.84. The van der Waals surface area contributed by atoms with Crippen molar-refractivity contribution in [1.82, 2.24) is 9.80 Å². The molecule has 0 unspecified atom stereocenters. The molecule has 1 aromatic rings. The molecule has 4 rings (SSSR count). The summed E-state index contributed by atoms with van der Waals surface area (Å²) in [7, 11) is 0. The number of ketones is 1. The van der Waals surface area contributed by atoms with Gasteiger partial charge in [0.05, 0.1) is 16.3 Å². The first-order chi connectivity index (χ1) is 14.0. The van der Waals surface area contributed by atoms with Crippen LogP contribution < -0.4 is 0 Å². The molecule has 1 aromatic carbocycles. The highest BCUT2D eigenvalue weighted by atomic mass is 32.2. The Kier molecular flexibility index (Phi) is 6.39. The zero-order valence-electron chi connectivity index (χ0n) is 16.9. The summed E-state index contributed by atoms with van der Waals surface area (Å²) in [5, 5.41) is 10.7. The van der Waals surface area contributed by atoms with E-state index in [9.17, 15) is 14.7 Å². The maximum Gasteiger partial charge on any atom is 0.236 e. The molecule has 156 valence electrons. The van der Waals surface area contributed by atoms with Crippen LogP contribution in [0, 0.1) is 5.92 Å². The molecule has 29 heavy (non-hydrogen) atoms. The number of carbonyl (C=O) groups excluding carboxylic acids is 2. The molecule has 0 radical (unpaired) electrons. The summed E-state index contributed by atoms with van der Waals surface area (Å²) in [6.07, 6.45) is 1.72. The lowest BCUT2D eigenvalue weighted by Gasteiger charge is -2.44. The van der Waals surface area contributed by atoms with Gasteiger partial charge in [-0.2, -0.15) is 0 Å². The Balaban J connectivity index is 1.27. The fourth-order valence-corrected chi connectivity index (χ4v) is 7.57. The number of likely N-dealkylation sites (tertiary alicyclic amines) is 1. The van der Waals surface area contributed by atoms with Gasteiger partial charge in [0.25, 0.3) is 0 Å². The van der Waals surface area contributed by atoms with Crippen LogP contribution in [0.5, 0.6) is 0 Å². The highest BCUT2D eigenvalue weighted by Crippen LogP contribution is 2.55. The number of aliphatic hydroxyl groups excluding tert-OH is 1. The quantitative estimate of drug-likeness (QED) is 0.501. The number of carbonyl (C=O) groups is 2. The van der Waals surface area contributed by atoms with Gasteiger partial charge in [-0.25, -0.2) is 0 Å². The molecule has 3 aliphatic heterocycles. The zero-order chi connectivity index (χ0) is 20.5. The van der Waals surface area contributed by atoms with E-state index in [1.54, 1.807) is 11.8 Å². The van der Waals surface area contributed by atoms with Crippen molar-refractivity contribution in [3.8, 4) is 0 Å². The first kappa shape index (κ1) is 21.0. The molecule has 0 saturated carbocycles. The van der Waals surface area contributed by atoms with Gasteiger partial charge in [0, 0.05) is 36.0 Å². The molecule has 1 N–H and O–H groups in total. The Bertz CT molecular complexity index is 814. The predicted molar refractivity (Wildman–Crippen MR) is 119 cm³/mol. The second-order valence-corrected chi connectivity index (χ2v) is 10.7. The molecule has 5 nitrogen and oxygen atoms in total. The smallest absolute Gasteiger partial charge is 0.236 e. The van der Waals surface area contributed by atoms with Crippen LogP contribution in [0.3, 0.4) is 0 Å². The topological polar surface area (TPSA) is 60.9 Å². The summed E-state index contributed by atoms with van der Waals surface area (Å²) >= 11 is 3.61. The average molecular weight is 433 g/mol. The number of hydrogen-bond donors (Lipinski definition) is 1. The Morgan fingerprint density at radius 3 is 2.83 bits per heavy atom. The highest BCUT2D eigenvalue weighted by Gasteiger charge is 2.55. The Morgan fingerprint density at radius 1 is 1.34 bits per heavy atom. The van der Waals surface area contributed by atoms with Crippen LogP contribution in [-0.2, 0) is 4.79 Å². The monoisotopic (exact) mass is 432 g/mol. The number of amides is 1. The van der Waals surface area contributed by atoms with E-state index in [1.165, 1.54) is 4.24 Å². The molecular weight excluding hydrogens is 404 g/mol. The first-order valence-corrected chi connectivity index (χ1v) is 12.1. The Morgan fingerprint density at radius 2 is 2.10 bits per heavy atom. The number of aliphatic hydroxyl groups is 1. The average Bonchev–Trinajstić information content (AvgIpc) is 3.29. The van der Waals surface area contributed by atoms with Crippen LogP contribution in [0.25, 0.3) is 0 Å². The SMILES string of the molecule is CC[C@H](O)[C@@H]1C(=O)N2C(C)=C(S[C@H]3CCN(CCC(=O)c4ccccc4)C3)S[C@H]12. The normalized spacial score (nSPS) is 27.9. The number of Topliss-reactive ketones (excluding diaryl/α,β-unsaturated/α-hetero) is 1. The van der Waals surface area contributed by atoms with Crippen LogP contribution in [-0.4, -0.2) is 63.0 Å². The van der Waals surface area contributed by atoms with Crippen molar-refractivity contribution < 1.29 is 14.7 Å². The summed E-state index contributed by atoms with van der Waals surface area (Å²) in [5.74, 6) is 0.00886. The Labute approximate surface area is 180 Å². The molecule has 4 atom stereocenters. The van der Waals surface area contributed by atoms with E-state index in [0.29, 0.717) is 18.1 Å². The molecule has 0 aromatic heterocycles. The van der Waals surface area contributed by atoms with Crippen molar-refractivity contribution in [2.24, 2.45) is 5.92 Å². The number of nitrogens with zero attached hydrogens (tertiary/aromatic N) is 2. The molecule has 2 fully saturated rings. The van der Waals surface area contributed by atoms with Gasteiger partial charge in [-0.3, -0.25) is 9.59 Å². The molecule has 3 aliphatic rings. The van der Waals surface area contributed by atoms with Crippen LogP contribution >= 0.6 is 23.5 Å². The summed E-state index contributed by atoms with van der Waals surface area (Å²) < 4.78 is 1.22. The third-order valence-corrected chi connectivity index (χ3v) is 9.12. The lowest BCUT2D eigenvalue weighted by Crippen LogP contribution is -2.60. The van der Waals surface area contributed by atoms with E-state index in [4.69, 9.17) is 0 Å². The lowest BCUT2D eigenvalue weighted by atomic mass is 9.90. The highest BCUT2D eigenvalue weighted by molar-refractivity contribution is 8.23. The number of thioether (sulfide) groups is 2. The fraction of sp³-hybridized carbons (Fsp3) is 0.545. The van der Waals surface area contributed by atoms with E-state index >= 15 is 0 Å². The molecule has 1 amide bonds. The van der Waals surface area contributed by atoms with E-state index in [0.717, 1.165) is 37.3 Å². The number of allylic oxidation sites excluding steroid dienone is 1. The van der Waals surface area contributed by atoms with Crippen molar-refractivity contribution in [2.75, 3.05) is 19.6 Å². The number of benzene rings is 1. The van der Waals surface area contributed by atoms with Crippen LogP contribution in [0.4, 0.5) is 0 Å². The fourth-order valence-electron chi connectivity index (χ4n) is 4.26. The van der Waals surface area contributed by atoms with Crippen molar-refractivity contribution >= 4 is 35.2 Å². The molecule has 0 bridgehead atoms. The first-order valence-electron chi connectivity index (χ1n) is 10.4. The van der Waals surface area contributed by atoms with Crippen LogP contribution in [0.1, 0.15) is 43.5 Å². The van der Waals surface area contributed by atoms with E-state index in [1.807, 2.05) is 60.8 Å².